The molecule has 0 saturated carbocycles. The molecule has 1 unspecified atom stereocenters. The number of hydrogen-bond acceptors (Lipinski definition) is 1. The van der Waals surface area contributed by atoms with E-state index in [1.54, 1.807) is 18.2 Å². The van der Waals surface area contributed by atoms with Gasteiger partial charge in [-0.05, 0) is 45.3 Å². The molecule has 0 bridgehead atoms. The first-order chi connectivity index (χ1) is 8.58. The van der Waals surface area contributed by atoms with Gasteiger partial charge < -0.3 is 5.11 Å². The Balaban J connectivity index is 2.22. The molecule has 94 valence electrons. The molecule has 2 rings (SSSR count). The van der Waals surface area contributed by atoms with Crippen molar-refractivity contribution in [3.05, 3.63) is 69.7 Å². The van der Waals surface area contributed by atoms with E-state index in [0.717, 1.165) is 0 Å². The van der Waals surface area contributed by atoms with Crippen LogP contribution in [0.15, 0.2) is 46.9 Å². The van der Waals surface area contributed by atoms with E-state index < -0.39 is 11.9 Å². The summed E-state index contributed by atoms with van der Waals surface area (Å²) in [5.41, 5.74) is 1.12. The van der Waals surface area contributed by atoms with Crippen LogP contribution in [-0.4, -0.2) is 5.11 Å². The van der Waals surface area contributed by atoms with Gasteiger partial charge in [-0.1, -0.05) is 24.3 Å². The highest BCUT2D eigenvalue weighted by molar-refractivity contribution is 9.10. The van der Waals surface area contributed by atoms with Gasteiger partial charge in [-0.2, -0.15) is 0 Å². The summed E-state index contributed by atoms with van der Waals surface area (Å²) in [6, 6.07) is 10.5. The molecule has 2 aromatic carbocycles. The zero-order valence-electron chi connectivity index (χ0n) is 9.41. The van der Waals surface area contributed by atoms with E-state index >= 15 is 0 Å². The molecule has 1 nitrogen and oxygen atoms in total. The van der Waals surface area contributed by atoms with Crippen LogP contribution in [0.2, 0.25) is 0 Å². The Hall–Kier alpha value is -1.26. The fourth-order valence-corrected chi connectivity index (χ4v) is 2.30. The van der Waals surface area contributed by atoms with Gasteiger partial charge in [0.1, 0.15) is 11.6 Å². The summed E-state index contributed by atoms with van der Waals surface area (Å²) in [6.07, 6.45) is -0.642. The molecule has 18 heavy (non-hydrogen) atoms. The van der Waals surface area contributed by atoms with Gasteiger partial charge in [0.05, 0.1) is 10.6 Å². The van der Waals surface area contributed by atoms with Crippen LogP contribution < -0.4 is 0 Å². The minimum absolute atomic E-state index is 0.236. The van der Waals surface area contributed by atoms with E-state index in [2.05, 4.69) is 15.9 Å². The Morgan fingerprint density at radius 1 is 1.11 bits per heavy atom. The van der Waals surface area contributed by atoms with Crippen LogP contribution in [0.4, 0.5) is 8.78 Å². The minimum Gasteiger partial charge on any atom is -0.388 e. The summed E-state index contributed by atoms with van der Waals surface area (Å²) in [5.74, 6) is -0.774. The maximum atomic E-state index is 13.3. The predicted molar refractivity (Wildman–Crippen MR) is 69.2 cm³/mol. The van der Waals surface area contributed by atoms with Gasteiger partial charge in [0, 0.05) is 6.42 Å². The van der Waals surface area contributed by atoms with Gasteiger partial charge in [-0.3, -0.25) is 0 Å². The second-order valence-electron chi connectivity index (χ2n) is 3.99. The molecule has 0 aliphatic heterocycles. The third kappa shape index (κ3) is 2.94. The fraction of sp³-hybridized carbons (Fsp3) is 0.143. The molecule has 0 spiro atoms. The maximum absolute atomic E-state index is 13.3. The van der Waals surface area contributed by atoms with Crippen molar-refractivity contribution in [2.24, 2.45) is 0 Å². The Morgan fingerprint density at radius 2 is 1.83 bits per heavy atom. The number of halogens is 3. The van der Waals surface area contributed by atoms with Crippen molar-refractivity contribution in [3.8, 4) is 0 Å². The third-order valence-corrected chi connectivity index (χ3v) is 3.50. The summed E-state index contributed by atoms with van der Waals surface area (Å²) >= 11 is 3.10. The zero-order chi connectivity index (χ0) is 13.1. The van der Waals surface area contributed by atoms with Crippen LogP contribution in [0.1, 0.15) is 17.2 Å². The van der Waals surface area contributed by atoms with E-state index in [1.807, 2.05) is 0 Å². The summed E-state index contributed by atoms with van der Waals surface area (Å²) in [6.45, 7) is 0. The molecule has 0 aliphatic rings. The van der Waals surface area contributed by atoms with Gasteiger partial charge in [0.25, 0.3) is 0 Å². The van der Waals surface area contributed by atoms with E-state index in [0.29, 0.717) is 11.1 Å². The second kappa shape index (κ2) is 5.59. The van der Waals surface area contributed by atoms with E-state index in [-0.39, 0.29) is 16.7 Å². The standard InChI is InChI=1S/C14H11BrF2O/c15-14-11(5-2-6-12(14)17)13(18)8-9-3-1-4-10(16)7-9/h1-7,13,18H,8H2. The van der Waals surface area contributed by atoms with Crippen LogP contribution in [0.5, 0.6) is 0 Å². The predicted octanol–water partition coefficient (Wildman–Crippen LogP) is 4.00. The first-order valence-corrected chi connectivity index (χ1v) is 6.23. The third-order valence-electron chi connectivity index (χ3n) is 2.66. The summed E-state index contributed by atoms with van der Waals surface area (Å²) < 4.78 is 26.6. The normalized spacial score (nSPS) is 12.4. The average molecular weight is 313 g/mol. The van der Waals surface area contributed by atoms with Crippen LogP contribution in [0.25, 0.3) is 0 Å². The number of rotatable bonds is 3. The fourth-order valence-electron chi connectivity index (χ4n) is 1.77. The van der Waals surface area contributed by atoms with E-state index in [9.17, 15) is 13.9 Å². The van der Waals surface area contributed by atoms with Crippen LogP contribution in [0, 0.1) is 11.6 Å². The molecule has 0 aliphatic carbocycles. The van der Waals surface area contributed by atoms with E-state index in [4.69, 9.17) is 0 Å². The van der Waals surface area contributed by atoms with Crippen molar-refractivity contribution in [1.29, 1.82) is 0 Å². The van der Waals surface area contributed by atoms with Crippen molar-refractivity contribution in [3.63, 3.8) is 0 Å². The molecular formula is C14H11BrF2O. The molecule has 0 fully saturated rings. The van der Waals surface area contributed by atoms with Gasteiger partial charge in [-0.25, -0.2) is 8.78 Å². The molecular weight excluding hydrogens is 302 g/mol. The Bertz CT molecular complexity index is 557. The lowest BCUT2D eigenvalue weighted by atomic mass is 10.0. The molecule has 2 aromatic rings. The van der Waals surface area contributed by atoms with Gasteiger partial charge in [-0.15, -0.1) is 0 Å². The highest BCUT2D eigenvalue weighted by Crippen LogP contribution is 2.28. The SMILES string of the molecule is OC(Cc1cccc(F)c1)c1cccc(F)c1Br. The summed E-state index contributed by atoms with van der Waals surface area (Å²) in [5, 5.41) is 10.1. The molecule has 1 N–H and O–H groups in total. The molecule has 0 heterocycles. The van der Waals surface area contributed by atoms with Gasteiger partial charge in [0.2, 0.25) is 0 Å². The lowest BCUT2D eigenvalue weighted by Crippen LogP contribution is -2.03. The molecule has 0 amide bonds. The smallest absolute Gasteiger partial charge is 0.137 e. The first kappa shape index (κ1) is 13.2. The molecule has 0 aromatic heterocycles. The van der Waals surface area contributed by atoms with Crippen LogP contribution >= 0.6 is 15.9 Å². The van der Waals surface area contributed by atoms with Crippen molar-refractivity contribution in [1.82, 2.24) is 0 Å². The Kier molecular flexibility index (Phi) is 4.09. The van der Waals surface area contributed by atoms with Crippen LogP contribution in [-0.2, 0) is 6.42 Å². The lowest BCUT2D eigenvalue weighted by Gasteiger charge is -2.13. The minimum atomic E-state index is -0.878. The average Bonchev–Trinajstić information content (AvgIpc) is 2.32. The maximum Gasteiger partial charge on any atom is 0.137 e. The molecule has 4 heteroatoms. The number of hydrogen-bond donors (Lipinski definition) is 1. The summed E-state index contributed by atoms with van der Waals surface area (Å²) in [7, 11) is 0. The molecule has 1 atom stereocenters. The highest BCUT2D eigenvalue weighted by atomic mass is 79.9. The number of aliphatic hydroxyl groups excluding tert-OH is 1. The van der Waals surface area contributed by atoms with Crippen molar-refractivity contribution >= 4 is 15.9 Å². The van der Waals surface area contributed by atoms with Crippen molar-refractivity contribution < 1.29 is 13.9 Å². The Labute approximate surface area is 112 Å². The van der Waals surface area contributed by atoms with E-state index in [1.165, 1.54) is 24.3 Å². The lowest BCUT2D eigenvalue weighted by molar-refractivity contribution is 0.177. The second-order valence-corrected chi connectivity index (χ2v) is 4.79. The molecule has 0 saturated heterocycles. The first-order valence-electron chi connectivity index (χ1n) is 5.44. The highest BCUT2D eigenvalue weighted by Gasteiger charge is 2.14. The number of aliphatic hydroxyl groups is 1. The van der Waals surface area contributed by atoms with Gasteiger partial charge in [0.15, 0.2) is 0 Å². The van der Waals surface area contributed by atoms with Crippen molar-refractivity contribution in [2.45, 2.75) is 12.5 Å². The monoisotopic (exact) mass is 312 g/mol. The van der Waals surface area contributed by atoms with Gasteiger partial charge >= 0.3 is 0 Å². The van der Waals surface area contributed by atoms with Crippen LogP contribution in [0.3, 0.4) is 0 Å². The largest absolute Gasteiger partial charge is 0.388 e. The quantitative estimate of drug-likeness (QED) is 0.908. The zero-order valence-corrected chi connectivity index (χ0v) is 11.0. The summed E-state index contributed by atoms with van der Waals surface area (Å²) in [4.78, 5) is 0. The Morgan fingerprint density at radius 3 is 2.56 bits per heavy atom. The topological polar surface area (TPSA) is 20.2 Å². The molecule has 0 radical (unpaired) electrons. The number of benzene rings is 2. The van der Waals surface area contributed by atoms with Crippen molar-refractivity contribution in [2.75, 3.05) is 0 Å².